The number of halogens is 1. The van der Waals surface area contributed by atoms with Gasteiger partial charge in [0.15, 0.2) is 0 Å². The number of aliphatic hydroxyl groups is 1. The molecule has 0 aliphatic carbocycles. The summed E-state index contributed by atoms with van der Waals surface area (Å²) in [5, 5.41) is 9.48. The predicted octanol–water partition coefficient (Wildman–Crippen LogP) is 2.97. The summed E-state index contributed by atoms with van der Waals surface area (Å²) in [4.78, 5) is 2.44. The molecule has 1 saturated heterocycles. The maximum Gasteiger partial charge on any atom is 0.0564 e. The lowest BCUT2D eigenvalue weighted by molar-refractivity contribution is 0.0645. The van der Waals surface area contributed by atoms with Gasteiger partial charge in [-0.3, -0.25) is 4.90 Å². The molecule has 0 aromatic heterocycles. The standard InChI is InChI=1S/C13H18BrNO/c1-10(11-2-4-12(14)5-3-11)15-8-6-13(16)7-9-15/h2-5,10,13,16H,6-9H2,1H3. The van der Waals surface area contributed by atoms with E-state index in [-0.39, 0.29) is 6.10 Å². The smallest absolute Gasteiger partial charge is 0.0564 e. The molecule has 1 atom stereocenters. The molecule has 3 heteroatoms. The molecule has 2 rings (SSSR count). The number of aliphatic hydroxyl groups excluding tert-OH is 1. The first-order valence-corrected chi connectivity index (χ1v) is 6.63. The van der Waals surface area contributed by atoms with E-state index in [1.165, 1.54) is 5.56 Å². The molecule has 1 aliphatic heterocycles. The molecule has 0 saturated carbocycles. The second-order valence-electron chi connectivity index (χ2n) is 4.49. The van der Waals surface area contributed by atoms with Gasteiger partial charge in [-0.25, -0.2) is 0 Å². The molecule has 1 N–H and O–H groups in total. The van der Waals surface area contributed by atoms with Crippen LogP contribution >= 0.6 is 15.9 Å². The zero-order valence-electron chi connectivity index (χ0n) is 9.56. The van der Waals surface area contributed by atoms with E-state index in [2.05, 4.69) is 52.0 Å². The van der Waals surface area contributed by atoms with E-state index in [0.29, 0.717) is 6.04 Å². The number of rotatable bonds is 2. The van der Waals surface area contributed by atoms with Crippen LogP contribution in [0.4, 0.5) is 0 Å². The van der Waals surface area contributed by atoms with Gasteiger partial charge >= 0.3 is 0 Å². The summed E-state index contributed by atoms with van der Waals surface area (Å²) >= 11 is 3.45. The van der Waals surface area contributed by atoms with Crippen molar-refractivity contribution in [2.24, 2.45) is 0 Å². The molecule has 16 heavy (non-hydrogen) atoms. The van der Waals surface area contributed by atoms with Crippen LogP contribution in [0.25, 0.3) is 0 Å². The maximum absolute atomic E-state index is 9.48. The predicted molar refractivity (Wildman–Crippen MR) is 69.4 cm³/mol. The summed E-state index contributed by atoms with van der Waals surface area (Å²) < 4.78 is 1.12. The molecule has 0 amide bonds. The minimum atomic E-state index is -0.0895. The van der Waals surface area contributed by atoms with Crippen LogP contribution in [0.15, 0.2) is 28.7 Å². The van der Waals surface area contributed by atoms with Crippen molar-refractivity contribution in [2.75, 3.05) is 13.1 Å². The lowest BCUT2D eigenvalue weighted by Crippen LogP contribution is -2.37. The molecule has 1 unspecified atom stereocenters. The second-order valence-corrected chi connectivity index (χ2v) is 5.41. The Morgan fingerprint density at radius 2 is 1.81 bits per heavy atom. The van der Waals surface area contributed by atoms with E-state index >= 15 is 0 Å². The summed E-state index contributed by atoms with van der Waals surface area (Å²) in [6.07, 6.45) is 1.72. The topological polar surface area (TPSA) is 23.5 Å². The summed E-state index contributed by atoms with van der Waals surface area (Å²) in [5.74, 6) is 0. The Morgan fingerprint density at radius 3 is 2.38 bits per heavy atom. The lowest BCUT2D eigenvalue weighted by Gasteiger charge is -2.34. The van der Waals surface area contributed by atoms with Gasteiger partial charge in [-0.2, -0.15) is 0 Å². The normalized spacial score (nSPS) is 20.9. The summed E-state index contributed by atoms with van der Waals surface area (Å²) in [6, 6.07) is 8.95. The number of hydrogen-bond donors (Lipinski definition) is 1. The van der Waals surface area contributed by atoms with E-state index in [4.69, 9.17) is 0 Å². The van der Waals surface area contributed by atoms with Crippen LogP contribution in [0.3, 0.4) is 0 Å². The lowest BCUT2D eigenvalue weighted by atomic mass is 10.0. The Labute approximate surface area is 105 Å². The highest BCUT2D eigenvalue weighted by atomic mass is 79.9. The van der Waals surface area contributed by atoms with E-state index < -0.39 is 0 Å². The zero-order chi connectivity index (χ0) is 11.5. The molecule has 0 spiro atoms. The molecule has 88 valence electrons. The number of piperidine rings is 1. The first kappa shape index (κ1) is 12.1. The van der Waals surface area contributed by atoms with Crippen molar-refractivity contribution in [3.05, 3.63) is 34.3 Å². The molecule has 0 bridgehead atoms. The first-order chi connectivity index (χ1) is 7.66. The van der Waals surface area contributed by atoms with Crippen molar-refractivity contribution in [1.82, 2.24) is 4.90 Å². The maximum atomic E-state index is 9.48. The largest absolute Gasteiger partial charge is 0.393 e. The van der Waals surface area contributed by atoms with Crippen molar-refractivity contribution in [3.8, 4) is 0 Å². The first-order valence-electron chi connectivity index (χ1n) is 5.84. The Kier molecular flexibility index (Phi) is 4.00. The fourth-order valence-corrected chi connectivity index (χ4v) is 2.49. The number of hydrogen-bond acceptors (Lipinski definition) is 2. The van der Waals surface area contributed by atoms with E-state index in [0.717, 1.165) is 30.4 Å². The summed E-state index contributed by atoms with van der Waals surface area (Å²) in [5.41, 5.74) is 1.35. The third kappa shape index (κ3) is 2.84. The minimum Gasteiger partial charge on any atom is -0.393 e. The molecule has 1 aliphatic rings. The summed E-state index contributed by atoms with van der Waals surface area (Å²) in [6.45, 7) is 4.23. The minimum absolute atomic E-state index is 0.0895. The Bertz CT molecular complexity index is 330. The molecule has 1 aromatic rings. The third-order valence-corrected chi connectivity index (χ3v) is 3.93. The highest BCUT2D eigenvalue weighted by Gasteiger charge is 2.21. The number of likely N-dealkylation sites (tertiary alicyclic amines) is 1. The Balaban J connectivity index is 2.01. The van der Waals surface area contributed by atoms with Crippen LogP contribution in [0, 0.1) is 0 Å². The van der Waals surface area contributed by atoms with E-state index in [1.807, 2.05) is 0 Å². The van der Waals surface area contributed by atoms with Crippen molar-refractivity contribution in [3.63, 3.8) is 0 Å². The van der Waals surface area contributed by atoms with Gasteiger partial charge in [-0.1, -0.05) is 28.1 Å². The van der Waals surface area contributed by atoms with Crippen LogP contribution in [0.2, 0.25) is 0 Å². The highest BCUT2D eigenvalue weighted by molar-refractivity contribution is 9.10. The average Bonchev–Trinajstić information content (AvgIpc) is 2.30. The SMILES string of the molecule is CC(c1ccc(Br)cc1)N1CCC(O)CC1. The molecular formula is C13H18BrNO. The Hall–Kier alpha value is -0.380. The molecular weight excluding hydrogens is 266 g/mol. The van der Waals surface area contributed by atoms with Crippen LogP contribution < -0.4 is 0 Å². The second kappa shape index (κ2) is 5.30. The molecule has 1 fully saturated rings. The van der Waals surface area contributed by atoms with Crippen LogP contribution in [0.1, 0.15) is 31.4 Å². The van der Waals surface area contributed by atoms with Crippen molar-refractivity contribution >= 4 is 15.9 Å². The van der Waals surface area contributed by atoms with Gasteiger partial charge in [0.1, 0.15) is 0 Å². The van der Waals surface area contributed by atoms with Crippen molar-refractivity contribution in [1.29, 1.82) is 0 Å². The monoisotopic (exact) mass is 283 g/mol. The van der Waals surface area contributed by atoms with Crippen LogP contribution in [0.5, 0.6) is 0 Å². The quantitative estimate of drug-likeness (QED) is 0.902. The third-order valence-electron chi connectivity index (χ3n) is 3.40. The fraction of sp³-hybridized carbons (Fsp3) is 0.538. The van der Waals surface area contributed by atoms with Gasteiger partial charge < -0.3 is 5.11 Å². The highest BCUT2D eigenvalue weighted by Crippen LogP contribution is 2.25. The van der Waals surface area contributed by atoms with E-state index in [1.54, 1.807) is 0 Å². The fourth-order valence-electron chi connectivity index (χ4n) is 2.23. The van der Waals surface area contributed by atoms with Gasteiger partial charge in [0.05, 0.1) is 6.10 Å². The molecule has 1 aromatic carbocycles. The van der Waals surface area contributed by atoms with Gasteiger partial charge in [0.25, 0.3) is 0 Å². The zero-order valence-corrected chi connectivity index (χ0v) is 11.2. The van der Waals surface area contributed by atoms with E-state index in [9.17, 15) is 5.11 Å². The van der Waals surface area contributed by atoms with Crippen molar-refractivity contribution < 1.29 is 5.11 Å². The van der Waals surface area contributed by atoms with Gasteiger partial charge in [-0.15, -0.1) is 0 Å². The molecule has 2 nitrogen and oxygen atoms in total. The average molecular weight is 284 g/mol. The van der Waals surface area contributed by atoms with Gasteiger partial charge in [0, 0.05) is 23.6 Å². The van der Waals surface area contributed by atoms with Gasteiger partial charge in [0.2, 0.25) is 0 Å². The molecule has 1 heterocycles. The van der Waals surface area contributed by atoms with Crippen molar-refractivity contribution in [2.45, 2.75) is 31.9 Å². The number of benzene rings is 1. The number of nitrogens with zero attached hydrogens (tertiary/aromatic N) is 1. The van der Waals surface area contributed by atoms with Gasteiger partial charge in [-0.05, 0) is 37.5 Å². The van der Waals surface area contributed by atoms with Crippen LogP contribution in [-0.2, 0) is 0 Å². The Morgan fingerprint density at radius 1 is 1.25 bits per heavy atom. The van der Waals surface area contributed by atoms with Crippen LogP contribution in [-0.4, -0.2) is 29.2 Å². The molecule has 0 radical (unpaired) electrons. The summed E-state index contributed by atoms with van der Waals surface area (Å²) in [7, 11) is 0.